The Kier molecular flexibility index (Phi) is 3.44. The van der Waals surface area contributed by atoms with Gasteiger partial charge in [-0.15, -0.1) is 0 Å². The van der Waals surface area contributed by atoms with Crippen LogP contribution in [0, 0.1) is 13.8 Å². The number of nitrogens with zero attached hydrogens (tertiary/aromatic N) is 1. The van der Waals surface area contributed by atoms with Crippen molar-refractivity contribution in [3.63, 3.8) is 0 Å². The van der Waals surface area contributed by atoms with Crippen LogP contribution in [0.25, 0.3) is 0 Å². The van der Waals surface area contributed by atoms with E-state index in [1.165, 1.54) is 6.07 Å². The number of aryl methyl sites for hydroxylation is 2. The first kappa shape index (κ1) is 13.4. The van der Waals surface area contributed by atoms with Gasteiger partial charge < -0.3 is 5.73 Å². The number of hydrogen-bond acceptors (Lipinski definition) is 4. The summed E-state index contributed by atoms with van der Waals surface area (Å²) in [6.07, 6.45) is 1.56. The van der Waals surface area contributed by atoms with Crippen molar-refractivity contribution in [2.75, 3.05) is 10.5 Å². The van der Waals surface area contributed by atoms with Crippen molar-refractivity contribution in [3.8, 4) is 0 Å². The van der Waals surface area contributed by atoms with E-state index in [0.29, 0.717) is 17.1 Å². The van der Waals surface area contributed by atoms with Gasteiger partial charge in [0, 0.05) is 11.9 Å². The lowest BCUT2D eigenvalue weighted by Gasteiger charge is -2.10. The molecule has 0 bridgehead atoms. The zero-order valence-corrected chi connectivity index (χ0v) is 11.5. The summed E-state index contributed by atoms with van der Waals surface area (Å²) in [5, 5.41) is 0. The van der Waals surface area contributed by atoms with Gasteiger partial charge in [0.15, 0.2) is 0 Å². The first-order valence-electron chi connectivity index (χ1n) is 5.70. The minimum atomic E-state index is -3.65. The Morgan fingerprint density at radius 3 is 2.53 bits per heavy atom. The van der Waals surface area contributed by atoms with Gasteiger partial charge in [0.2, 0.25) is 0 Å². The molecule has 2 rings (SSSR count). The van der Waals surface area contributed by atoms with Crippen LogP contribution in [-0.4, -0.2) is 13.4 Å². The Morgan fingerprint density at radius 1 is 1.16 bits per heavy atom. The Hall–Kier alpha value is -2.08. The highest BCUT2D eigenvalue weighted by Gasteiger charge is 2.17. The molecule has 1 aromatic heterocycles. The second kappa shape index (κ2) is 4.89. The summed E-state index contributed by atoms with van der Waals surface area (Å²) in [5.74, 6) is 0.302. The summed E-state index contributed by atoms with van der Waals surface area (Å²) in [4.78, 5) is 4.18. The molecule has 2 aromatic rings. The maximum Gasteiger partial charge on any atom is 0.263 e. The molecule has 1 heterocycles. The summed E-state index contributed by atoms with van der Waals surface area (Å²) in [6.45, 7) is 3.57. The van der Waals surface area contributed by atoms with Gasteiger partial charge in [-0.05, 0) is 55.3 Å². The second-order valence-electron chi connectivity index (χ2n) is 4.35. The van der Waals surface area contributed by atoms with Crippen LogP contribution in [0.2, 0.25) is 0 Å². The minimum Gasteiger partial charge on any atom is -0.399 e. The molecule has 0 aliphatic rings. The molecule has 1 aromatic carbocycles. The lowest BCUT2D eigenvalue weighted by atomic mass is 10.2. The summed E-state index contributed by atoms with van der Waals surface area (Å²) >= 11 is 0. The molecule has 0 saturated carbocycles. The van der Waals surface area contributed by atoms with Crippen molar-refractivity contribution in [1.82, 2.24) is 4.98 Å². The Morgan fingerprint density at radius 2 is 1.89 bits per heavy atom. The van der Waals surface area contributed by atoms with Gasteiger partial charge in [-0.25, -0.2) is 13.4 Å². The number of nitrogens with two attached hydrogens (primary N) is 1. The highest BCUT2D eigenvalue weighted by molar-refractivity contribution is 7.92. The van der Waals surface area contributed by atoms with E-state index in [0.717, 1.165) is 5.56 Å². The summed E-state index contributed by atoms with van der Waals surface area (Å²) in [7, 11) is -3.65. The molecule has 0 unspecified atom stereocenters. The molecule has 0 fully saturated rings. The van der Waals surface area contributed by atoms with E-state index in [1.54, 1.807) is 37.4 Å². The number of hydrogen-bond donors (Lipinski definition) is 2. The predicted molar refractivity (Wildman–Crippen MR) is 75.4 cm³/mol. The quantitative estimate of drug-likeness (QED) is 0.841. The molecular weight excluding hydrogens is 262 g/mol. The van der Waals surface area contributed by atoms with Crippen molar-refractivity contribution in [2.45, 2.75) is 18.7 Å². The number of aromatic nitrogens is 1. The van der Waals surface area contributed by atoms with Crippen LogP contribution in [0.1, 0.15) is 11.1 Å². The van der Waals surface area contributed by atoms with Gasteiger partial charge in [-0.3, -0.25) is 4.72 Å². The van der Waals surface area contributed by atoms with Gasteiger partial charge in [0.05, 0.1) is 4.90 Å². The van der Waals surface area contributed by atoms with Gasteiger partial charge in [-0.1, -0.05) is 0 Å². The number of sulfonamides is 1. The van der Waals surface area contributed by atoms with E-state index in [4.69, 9.17) is 5.73 Å². The van der Waals surface area contributed by atoms with E-state index in [9.17, 15) is 8.42 Å². The molecule has 0 amide bonds. The smallest absolute Gasteiger partial charge is 0.263 e. The monoisotopic (exact) mass is 277 g/mol. The zero-order chi connectivity index (χ0) is 14.0. The highest BCUT2D eigenvalue weighted by atomic mass is 32.2. The molecule has 5 nitrogen and oxygen atoms in total. The first-order chi connectivity index (χ1) is 8.88. The molecule has 0 radical (unpaired) electrons. The molecular formula is C13H15N3O2S. The fourth-order valence-electron chi connectivity index (χ4n) is 1.76. The predicted octanol–water partition coefficient (Wildman–Crippen LogP) is 2.08. The molecule has 0 atom stereocenters. The second-order valence-corrected chi connectivity index (χ2v) is 6.00. The molecule has 0 saturated heterocycles. The Bertz CT molecular complexity index is 712. The molecule has 0 aliphatic carbocycles. The van der Waals surface area contributed by atoms with Gasteiger partial charge in [-0.2, -0.15) is 0 Å². The van der Waals surface area contributed by atoms with E-state index >= 15 is 0 Å². The van der Waals surface area contributed by atoms with E-state index < -0.39 is 10.0 Å². The number of nitrogens with one attached hydrogen (secondary N) is 1. The van der Waals surface area contributed by atoms with Crippen LogP contribution in [-0.2, 0) is 10.0 Å². The third-order valence-electron chi connectivity index (χ3n) is 2.64. The van der Waals surface area contributed by atoms with E-state index in [-0.39, 0.29) is 4.90 Å². The molecule has 100 valence electrons. The van der Waals surface area contributed by atoms with Crippen molar-refractivity contribution in [2.24, 2.45) is 0 Å². The maximum atomic E-state index is 12.3. The molecule has 0 spiro atoms. The molecule has 3 N–H and O–H groups in total. The Labute approximate surface area is 112 Å². The SMILES string of the molecule is Cc1ccnc(NS(=O)(=O)c2ccc(N)cc2C)c1. The van der Waals surface area contributed by atoms with E-state index in [2.05, 4.69) is 9.71 Å². The third-order valence-corrected chi connectivity index (χ3v) is 4.16. The van der Waals surface area contributed by atoms with Crippen molar-refractivity contribution < 1.29 is 8.42 Å². The van der Waals surface area contributed by atoms with Crippen LogP contribution < -0.4 is 10.5 Å². The summed E-state index contributed by atoms with van der Waals surface area (Å²) < 4.78 is 27.0. The topological polar surface area (TPSA) is 85.1 Å². The standard InChI is InChI=1S/C13H15N3O2S/c1-9-5-6-15-13(7-9)16-19(17,18)12-4-3-11(14)8-10(12)2/h3-8H,14H2,1-2H3,(H,15,16). The molecule has 6 heteroatoms. The largest absolute Gasteiger partial charge is 0.399 e. The third kappa shape index (κ3) is 3.03. The average Bonchev–Trinajstić information content (AvgIpc) is 2.27. The van der Waals surface area contributed by atoms with Crippen LogP contribution in [0.15, 0.2) is 41.4 Å². The van der Waals surface area contributed by atoms with Gasteiger partial charge in [0.25, 0.3) is 10.0 Å². The lowest BCUT2D eigenvalue weighted by Crippen LogP contribution is -2.15. The number of rotatable bonds is 3. The number of pyridine rings is 1. The summed E-state index contributed by atoms with van der Waals surface area (Å²) in [6, 6.07) is 8.14. The van der Waals surface area contributed by atoms with Gasteiger partial charge >= 0.3 is 0 Å². The van der Waals surface area contributed by atoms with Crippen molar-refractivity contribution >= 4 is 21.5 Å². The first-order valence-corrected chi connectivity index (χ1v) is 7.18. The van der Waals surface area contributed by atoms with Gasteiger partial charge in [0.1, 0.15) is 5.82 Å². The average molecular weight is 277 g/mol. The number of anilines is 2. The fourth-order valence-corrected chi connectivity index (χ4v) is 2.99. The normalized spacial score (nSPS) is 11.3. The van der Waals surface area contributed by atoms with Crippen LogP contribution in [0.5, 0.6) is 0 Å². The number of nitrogen functional groups attached to an aromatic ring is 1. The maximum absolute atomic E-state index is 12.3. The Balaban J connectivity index is 2.38. The highest BCUT2D eigenvalue weighted by Crippen LogP contribution is 2.20. The van der Waals surface area contributed by atoms with Crippen LogP contribution in [0.3, 0.4) is 0 Å². The zero-order valence-electron chi connectivity index (χ0n) is 10.7. The number of benzene rings is 1. The summed E-state index contributed by atoms with van der Waals surface area (Å²) in [5.41, 5.74) is 7.68. The lowest BCUT2D eigenvalue weighted by molar-refractivity contribution is 0.600. The molecule has 19 heavy (non-hydrogen) atoms. The van der Waals surface area contributed by atoms with Crippen molar-refractivity contribution in [3.05, 3.63) is 47.7 Å². The van der Waals surface area contributed by atoms with Crippen molar-refractivity contribution in [1.29, 1.82) is 0 Å². The van der Waals surface area contributed by atoms with Crippen LogP contribution >= 0.6 is 0 Å². The molecule has 0 aliphatic heterocycles. The minimum absolute atomic E-state index is 0.199. The fraction of sp³-hybridized carbons (Fsp3) is 0.154. The van der Waals surface area contributed by atoms with Crippen LogP contribution in [0.4, 0.5) is 11.5 Å². The van der Waals surface area contributed by atoms with E-state index in [1.807, 2.05) is 6.92 Å².